The largest absolute Gasteiger partial charge is 0.357 e. The lowest BCUT2D eigenvalue weighted by Gasteiger charge is -2.18. The highest BCUT2D eigenvalue weighted by Gasteiger charge is 2.61. The lowest BCUT2D eigenvalue weighted by atomic mass is 9.87. The van der Waals surface area contributed by atoms with Gasteiger partial charge in [-0.1, -0.05) is 65.8 Å². The van der Waals surface area contributed by atoms with Gasteiger partial charge in [0.2, 0.25) is 0 Å². The van der Waals surface area contributed by atoms with Crippen molar-refractivity contribution < 1.29 is 21.2 Å². The molecule has 6 heteroatoms. The van der Waals surface area contributed by atoms with Crippen LogP contribution in [0.15, 0.2) is 48.5 Å². The van der Waals surface area contributed by atoms with Crippen LogP contribution in [-0.2, 0) is 10.8 Å². The summed E-state index contributed by atoms with van der Waals surface area (Å²) in [5.74, 6) is -2.47. The number of hydrogen-bond acceptors (Lipinski definition) is 3. The Kier molecular flexibility index (Phi) is 9.65. The lowest BCUT2D eigenvalue weighted by molar-refractivity contribution is -0.597. The van der Waals surface area contributed by atoms with Crippen molar-refractivity contribution in [3.8, 4) is 18.2 Å². The second kappa shape index (κ2) is 12.0. The van der Waals surface area contributed by atoms with Gasteiger partial charge in [-0.15, -0.1) is 0 Å². The van der Waals surface area contributed by atoms with Gasteiger partial charge in [-0.2, -0.15) is 15.8 Å². The maximum Gasteiger partial charge on any atom is 0.357 e. The molecule has 4 unspecified atom stereocenters. The molecule has 1 aliphatic rings. The Morgan fingerprint density at radius 3 is 1.14 bits per heavy atom. The molecule has 2 aromatic rings. The molecule has 5 nitrogen and oxygen atoms in total. The van der Waals surface area contributed by atoms with Crippen molar-refractivity contribution in [2.45, 2.75) is 64.5 Å². The maximum atomic E-state index is 8.84. The molecule has 1 aliphatic carbocycles. The minimum atomic E-state index is -0.846. The van der Waals surface area contributed by atoms with Crippen molar-refractivity contribution in [2.24, 2.45) is 17.8 Å². The zero-order valence-corrected chi connectivity index (χ0v) is 23.8. The first kappa shape index (κ1) is 28.9. The Balaban J connectivity index is 0.000000269. The van der Waals surface area contributed by atoms with Crippen LogP contribution in [0.3, 0.4) is 0 Å². The van der Waals surface area contributed by atoms with Crippen molar-refractivity contribution in [2.75, 3.05) is 0 Å². The summed E-state index contributed by atoms with van der Waals surface area (Å²) in [6.45, 7) is 27.4. The van der Waals surface area contributed by atoms with Crippen molar-refractivity contribution in [3.63, 3.8) is 0 Å². The van der Waals surface area contributed by atoms with E-state index in [4.69, 9.17) is 28.9 Å². The number of nitriles is 3. The molecule has 0 bridgehead atoms. The quantitative estimate of drug-likeness (QED) is 0.399. The van der Waals surface area contributed by atoms with Crippen LogP contribution >= 0.6 is 0 Å². The monoisotopic (exact) mass is 588 g/mol. The predicted octanol–water partition coefficient (Wildman–Crippen LogP) is 3.41. The van der Waals surface area contributed by atoms with E-state index in [0.717, 1.165) is 0 Å². The fourth-order valence-corrected chi connectivity index (χ4v) is 6.17. The van der Waals surface area contributed by atoms with Crippen LogP contribution < -0.4 is 21.2 Å². The highest BCUT2D eigenvalue weighted by molar-refractivity contribution is 5.27. The molecule has 3 rings (SSSR count). The summed E-state index contributed by atoms with van der Waals surface area (Å²) in [4.78, 5) is 6.40. The molecule has 0 aliphatic heterocycles. The van der Waals surface area contributed by atoms with Crippen LogP contribution in [0.2, 0.25) is 0 Å². The summed E-state index contributed by atoms with van der Waals surface area (Å²) in [5, 5.41) is 26.5. The summed E-state index contributed by atoms with van der Waals surface area (Å²) < 4.78 is 2.98. The molecular weight excluding hydrogens is 557 g/mol. The predicted molar refractivity (Wildman–Crippen MR) is 136 cm³/mol. The second-order valence-corrected chi connectivity index (χ2v) is 13.8. The molecule has 4 atom stereocenters. The number of benzene rings is 2. The first-order valence-electron chi connectivity index (χ1n) is 11.7. The van der Waals surface area contributed by atoms with Gasteiger partial charge in [-0.05, 0) is 46.2 Å². The molecule has 0 amide bonds. The van der Waals surface area contributed by atoms with Crippen molar-refractivity contribution in [1.29, 1.82) is 15.8 Å². The molecule has 0 heterocycles. The summed E-state index contributed by atoms with van der Waals surface area (Å²) in [6.07, 6.45) is 0. The second-order valence-electron chi connectivity index (χ2n) is 10.8. The average Bonchev–Trinajstić information content (AvgIpc) is 3.15. The fourth-order valence-electron chi connectivity index (χ4n) is 4.01. The van der Waals surface area contributed by atoms with E-state index in [1.807, 2.05) is 18.2 Å². The Bertz CT molecular complexity index is 1080. The van der Waals surface area contributed by atoms with E-state index in [1.54, 1.807) is 0 Å². The van der Waals surface area contributed by atoms with Crippen LogP contribution in [0, 0.1) is 72.0 Å². The Morgan fingerprint density at radius 1 is 0.611 bits per heavy atom. The SMILES string of the molecule is CC(C)(C)c1ccc([I+]c2ccc(C(C)(C)C)cc2)cc1.[C-]#[N+]C1C(C#N)C(C#N)C(C#N)C1[N+]#[C-]. The maximum absolute atomic E-state index is 8.84. The fraction of sp³-hybridized carbons (Fsp3) is 0.433. The van der Waals surface area contributed by atoms with Gasteiger partial charge in [0.05, 0.1) is 24.1 Å². The Labute approximate surface area is 226 Å². The minimum absolute atomic E-state index is 0.0703. The van der Waals surface area contributed by atoms with Gasteiger partial charge in [0.1, 0.15) is 11.8 Å². The van der Waals surface area contributed by atoms with Gasteiger partial charge < -0.3 is 9.69 Å². The molecule has 182 valence electrons. The van der Waals surface area contributed by atoms with Crippen molar-refractivity contribution in [1.82, 2.24) is 0 Å². The third kappa shape index (κ3) is 6.85. The van der Waals surface area contributed by atoms with Gasteiger partial charge >= 0.3 is 33.3 Å². The lowest BCUT2D eigenvalue weighted by Crippen LogP contribution is -3.61. The minimum Gasteiger partial charge on any atom is -0.303 e. The summed E-state index contributed by atoms with van der Waals surface area (Å²) in [7, 11) is 0. The van der Waals surface area contributed by atoms with Gasteiger partial charge in [-0.25, -0.2) is 13.1 Å². The molecule has 1 fully saturated rings. The first-order chi connectivity index (χ1) is 16.9. The van der Waals surface area contributed by atoms with Crippen LogP contribution in [0.5, 0.6) is 0 Å². The molecule has 0 radical (unpaired) electrons. The van der Waals surface area contributed by atoms with Crippen molar-refractivity contribution >= 4 is 0 Å². The smallest absolute Gasteiger partial charge is 0.303 e. The summed E-state index contributed by atoms with van der Waals surface area (Å²) in [5.41, 5.74) is 3.31. The molecule has 0 saturated heterocycles. The molecule has 1 saturated carbocycles. The topological polar surface area (TPSA) is 80.1 Å². The highest BCUT2D eigenvalue weighted by atomic mass is 127. The Morgan fingerprint density at radius 2 is 0.917 bits per heavy atom. The third-order valence-corrected chi connectivity index (χ3v) is 8.93. The molecule has 36 heavy (non-hydrogen) atoms. The molecule has 0 N–H and O–H groups in total. The third-order valence-electron chi connectivity index (χ3n) is 6.24. The number of nitrogens with zero attached hydrogens (tertiary/aromatic N) is 5. The van der Waals surface area contributed by atoms with Crippen LogP contribution in [-0.4, -0.2) is 12.1 Å². The molecule has 2 aromatic carbocycles. The van der Waals surface area contributed by atoms with Gasteiger partial charge in [0, 0.05) is 0 Å². The molecule has 0 aromatic heterocycles. The molecule has 0 spiro atoms. The zero-order valence-electron chi connectivity index (χ0n) is 21.6. The van der Waals surface area contributed by atoms with Crippen LogP contribution in [0.1, 0.15) is 52.7 Å². The van der Waals surface area contributed by atoms with E-state index in [2.05, 4.69) is 99.8 Å². The summed E-state index contributed by atoms with van der Waals surface area (Å²) in [6, 6.07) is 22.3. The van der Waals surface area contributed by atoms with E-state index < -0.39 is 29.8 Å². The highest BCUT2D eigenvalue weighted by Crippen LogP contribution is 2.40. The number of hydrogen-bond donors (Lipinski definition) is 0. The van der Waals surface area contributed by atoms with Crippen molar-refractivity contribution in [3.05, 3.63) is 89.6 Å². The van der Waals surface area contributed by atoms with E-state index in [0.29, 0.717) is 0 Å². The standard InChI is InChI=1S/C20H26I.C10H5N5/c1-19(2,3)15-7-11-17(12-8-15)21-18-13-9-16(10-14-18)20(4,5)6;1-14-9-7(4-12)6(3-11)8(5-13)10(9)15-2/h7-14H,1-6H3;6-10H/q+1;. The van der Waals surface area contributed by atoms with Gasteiger partial charge in [-0.3, -0.25) is 0 Å². The van der Waals surface area contributed by atoms with E-state index >= 15 is 0 Å². The van der Waals surface area contributed by atoms with Crippen LogP contribution in [0.25, 0.3) is 9.69 Å². The number of rotatable bonds is 2. The van der Waals surface area contributed by atoms with E-state index in [9.17, 15) is 0 Å². The van der Waals surface area contributed by atoms with E-state index in [-0.39, 0.29) is 32.0 Å². The first-order valence-corrected chi connectivity index (χ1v) is 13.8. The Hall–Kier alpha value is -3.38. The van der Waals surface area contributed by atoms with Crippen LogP contribution in [0.4, 0.5) is 0 Å². The number of halogens is 1. The zero-order chi connectivity index (χ0) is 27.1. The summed E-state index contributed by atoms with van der Waals surface area (Å²) >= 11 is -0.0703. The van der Waals surface area contributed by atoms with Gasteiger partial charge in [0.15, 0.2) is 7.14 Å². The van der Waals surface area contributed by atoms with E-state index in [1.165, 1.54) is 18.3 Å². The van der Waals surface area contributed by atoms with Gasteiger partial charge in [0.25, 0.3) is 0 Å². The molecular formula is C30H31IN5+. The normalized spacial score (nSPS) is 23.0. The average molecular weight is 589 g/mol.